The Hall–Kier alpha value is -2.49. The number of rotatable bonds is 6. The lowest BCUT2D eigenvalue weighted by molar-refractivity contribution is -0.122. The molecule has 0 saturated carbocycles. The molecule has 0 radical (unpaired) electrons. The van der Waals surface area contributed by atoms with E-state index in [4.69, 9.17) is 10.5 Å². The highest BCUT2D eigenvalue weighted by Gasteiger charge is 2.09. The minimum atomic E-state index is -0.0409. The Kier molecular flexibility index (Phi) is 5.21. The number of para-hydroxylation sites is 2. The van der Waals surface area contributed by atoms with Gasteiger partial charge in [-0.3, -0.25) is 4.79 Å². The van der Waals surface area contributed by atoms with E-state index in [0.717, 1.165) is 5.56 Å². The molecule has 0 aromatic heterocycles. The maximum Gasteiger partial charge on any atom is 0.223 e. The number of nitrogen functional groups attached to an aromatic ring is 1. The molecule has 0 spiro atoms. The maximum atomic E-state index is 11.9. The molecule has 0 aliphatic heterocycles. The molecule has 3 N–H and O–H groups in total. The van der Waals surface area contributed by atoms with Crippen LogP contribution in [0.1, 0.15) is 24.9 Å². The molecule has 1 amide bonds. The number of carbonyl (C=O) groups excluding carboxylic acids is 1. The molecule has 0 saturated heterocycles. The average Bonchev–Trinajstić information content (AvgIpc) is 2.50. The number of nitrogens with one attached hydrogen (secondary N) is 1. The van der Waals surface area contributed by atoms with Crippen LogP contribution in [0.3, 0.4) is 0 Å². The summed E-state index contributed by atoms with van der Waals surface area (Å²) in [6.07, 6.45) is 0.297. The normalized spacial score (nSPS) is 11.7. The van der Waals surface area contributed by atoms with Crippen LogP contribution in [-0.2, 0) is 4.79 Å². The van der Waals surface area contributed by atoms with Gasteiger partial charge in [-0.15, -0.1) is 0 Å². The fourth-order valence-electron chi connectivity index (χ4n) is 2.00. The molecule has 4 heteroatoms. The third kappa shape index (κ3) is 4.53. The van der Waals surface area contributed by atoms with Crippen molar-refractivity contribution in [1.82, 2.24) is 5.32 Å². The van der Waals surface area contributed by atoms with Crippen LogP contribution < -0.4 is 15.8 Å². The summed E-state index contributed by atoms with van der Waals surface area (Å²) >= 11 is 0. The Bertz CT molecular complexity index is 584. The summed E-state index contributed by atoms with van der Waals surface area (Å²) in [6.45, 7) is 2.27. The zero-order valence-electron chi connectivity index (χ0n) is 12.1. The molecule has 0 unspecified atom stereocenters. The quantitative estimate of drug-likeness (QED) is 0.802. The molecule has 0 bridgehead atoms. The van der Waals surface area contributed by atoms with E-state index >= 15 is 0 Å². The van der Waals surface area contributed by atoms with Crippen molar-refractivity contribution in [3.05, 3.63) is 60.2 Å². The van der Waals surface area contributed by atoms with Crippen LogP contribution in [0.5, 0.6) is 5.75 Å². The molecule has 0 aliphatic rings. The lowest BCUT2D eigenvalue weighted by Crippen LogP contribution is -2.27. The number of nitrogens with two attached hydrogens (primary N) is 1. The predicted molar refractivity (Wildman–Crippen MR) is 84.0 cm³/mol. The van der Waals surface area contributed by atoms with Crippen LogP contribution in [0.2, 0.25) is 0 Å². The van der Waals surface area contributed by atoms with E-state index in [1.807, 2.05) is 49.4 Å². The largest absolute Gasteiger partial charge is 0.491 e. The van der Waals surface area contributed by atoms with Gasteiger partial charge in [0.05, 0.1) is 24.8 Å². The summed E-state index contributed by atoms with van der Waals surface area (Å²) in [6, 6.07) is 17.1. The van der Waals surface area contributed by atoms with E-state index in [-0.39, 0.29) is 11.9 Å². The summed E-state index contributed by atoms with van der Waals surface area (Å²) in [7, 11) is 0. The van der Waals surface area contributed by atoms with E-state index in [0.29, 0.717) is 24.5 Å². The summed E-state index contributed by atoms with van der Waals surface area (Å²) in [5, 5.41) is 2.95. The zero-order valence-corrected chi connectivity index (χ0v) is 12.1. The smallest absolute Gasteiger partial charge is 0.223 e. The van der Waals surface area contributed by atoms with Gasteiger partial charge < -0.3 is 15.8 Å². The van der Waals surface area contributed by atoms with Gasteiger partial charge in [-0.2, -0.15) is 0 Å². The fraction of sp³-hybridized carbons (Fsp3) is 0.235. The molecule has 21 heavy (non-hydrogen) atoms. The van der Waals surface area contributed by atoms with Crippen molar-refractivity contribution in [3.63, 3.8) is 0 Å². The average molecular weight is 284 g/mol. The first-order valence-corrected chi connectivity index (χ1v) is 6.98. The van der Waals surface area contributed by atoms with Gasteiger partial charge >= 0.3 is 0 Å². The van der Waals surface area contributed by atoms with Crippen LogP contribution in [0.15, 0.2) is 54.6 Å². The van der Waals surface area contributed by atoms with Crippen molar-refractivity contribution in [2.75, 3.05) is 12.3 Å². The van der Waals surface area contributed by atoms with Gasteiger partial charge in [-0.05, 0) is 24.6 Å². The first kappa shape index (κ1) is 14.9. The third-order valence-electron chi connectivity index (χ3n) is 3.18. The van der Waals surface area contributed by atoms with Crippen molar-refractivity contribution in [3.8, 4) is 5.75 Å². The van der Waals surface area contributed by atoms with Crippen molar-refractivity contribution >= 4 is 11.6 Å². The first-order chi connectivity index (χ1) is 10.2. The summed E-state index contributed by atoms with van der Waals surface area (Å²) in [5.41, 5.74) is 7.43. The summed E-state index contributed by atoms with van der Waals surface area (Å²) < 4.78 is 5.51. The Labute approximate surface area is 124 Å². The zero-order chi connectivity index (χ0) is 15.1. The maximum absolute atomic E-state index is 11.9. The fourth-order valence-corrected chi connectivity index (χ4v) is 2.00. The standard InChI is InChI=1S/C17H20N2O2/c1-13(14-7-3-2-4-8-14)19-17(20)11-12-21-16-10-6-5-9-15(16)18/h2-10,13H,11-12,18H2,1H3,(H,19,20)/t13-/m1/s1. The number of carbonyl (C=O) groups is 1. The molecule has 1 atom stereocenters. The second-order valence-electron chi connectivity index (χ2n) is 4.84. The van der Waals surface area contributed by atoms with E-state index < -0.39 is 0 Å². The van der Waals surface area contributed by atoms with Crippen LogP contribution in [0.4, 0.5) is 5.69 Å². The van der Waals surface area contributed by atoms with Gasteiger partial charge in [-0.25, -0.2) is 0 Å². The van der Waals surface area contributed by atoms with Crippen molar-refractivity contribution in [1.29, 1.82) is 0 Å². The first-order valence-electron chi connectivity index (χ1n) is 6.98. The minimum absolute atomic E-state index is 0.0134. The van der Waals surface area contributed by atoms with Gasteiger partial charge in [0.1, 0.15) is 5.75 Å². The number of hydrogen-bond acceptors (Lipinski definition) is 3. The van der Waals surface area contributed by atoms with Gasteiger partial charge in [0, 0.05) is 0 Å². The Morgan fingerprint density at radius 3 is 2.52 bits per heavy atom. The minimum Gasteiger partial charge on any atom is -0.491 e. The molecule has 0 aliphatic carbocycles. The molecule has 2 aromatic carbocycles. The highest BCUT2D eigenvalue weighted by molar-refractivity contribution is 5.76. The van der Waals surface area contributed by atoms with E-state index in [2.05, 4.69) is 5.32 Å². The molecule has 0 fully saturated rings. The predicted octanol–water partition coefficient (Wildman–Crippen LogP) is 2.92. The van der Waals surface area contributed by atoms with Gasteiger partial charge in [0.15, 0.2) is 0 Å². The van der Waals surface area contributed by atoms with Crippen molar-refractivity contribution < 1.29 is 9.53 Å². The second kappa shape index (κ2) is 7.33. The summed E-state index contributed by atoms with van der Waals surface area (Å²) in [5.74, 6) is 0.572. The number of benzene rings is 2. The van der Waals surface area contributed by atoms with E-state index in [1.165, 1.54) is 0 Å². The molecule has 4 nitrogen and oxygen atoms in total. The van der Waals surface area contributed by atoms with Crippen molar-refractivity contribution in [2.24, 2.45) is 0 Å². The van der Waals surface area contributed by atoms with Gasteiger partial charge in [-0.1, -0.05) is 42.5 Å². The van der Waals surface area contributed by atoms with Gasteiger partial charge in [0.25, 0.3) is 0 Å². The van der Waals surface area contributed by atoms with E-state index in [9.17, 15) is 4.79 Å². The number of ether oxygens (including phenoxy) is 1. The molecular formula is C17H20N2O2. The Balaban J connectivity index is 1.76. The lowest BCUT2D eigenvalue weighted by Gasteiger charge is -2.14. The number of hydrogen-bond donors (Lipinski definition) is 2. The molecule has 2 aromatic rings. The summed E-state index contributed by atoms with van der Waals surface area (Å²) in [4.78, 5) is 11.9. The Morgan fingerprint density at radius 1 is 1.14 bits per heavy atom. The van der Waals surface area contributed by atoms with Crippen LogP contribution in [0.25, 0.3) is 0 Å². The highest BCUT2D eigenvalue weighted by atomic mass is 16.5. The number of anilines is 1. The molecule has 0 heterocycles. The van der Waals surface area contributed by atoms with E-state index in [1.54, 1.807) is 12.1 Å². The third-order valence-corrected chi connectivity index (χ3v) is 3.18. The topological polar surface area (TPSA) is 64.3 Å². The molecule has 110 valence electrons. The SMILES string of the molecule is C[C@@H](NC(=O)CCOc1ccccc1N)c1ccccc1. The van der Waals surface area contributed by atoms with Crippen molar-refractivity contribution in [2.45, 2.75) is 19.4 Å². The second-order valence-corrected chi connectivity index (χ2v) is 4.84. The Morgan fingerprint density at radius 2 is 1.81 bits per heavy atom. The molecular weight excluding hydrogens is 264 g/mol. The monoisotopic (exact) mass is 284 g/mol. The van der Waals surface area contributed by atoms with Crippen LogP contribution >= 0.6 is 0 Å². The lowest BCUT2D eigenvalue weighted by atomic mass is 10.1. The highest BCUT2D eigenvalue weighted by Crippen LogP contribution is 2.19. The van der Waals surface area contributed by atoms with Crippen LogP contribution in [0, 0.1) is 0 Å². The van der Waals surface area contributed by atoms with Crippen LogP contribution in [-0.4, -0.2) is 12.5 Å². The number of amides is 1. The molecule has 2 rings (SSSR count). The van der Waals surface area contributed by atoms with Gasteiger partial charge in [0.2, 0.25) is 5.91 Å².